The van der Waals surface area contributed by atoms with Gasteiger partial charge in [0.1, 0.15) is 0 Å². The maximum atomic E-state index is 5.90. The quantitative estimate of drug-likeness (QED) is 0.350. The van der Waals surface area contributed by atoms with Crippen LogP contribution < -0.4 is 0 Å². The molecule has 0 aromatic rings. The van der Waals surface area contributed by atoms with Gasteiger partial charge in [0.25, 0.3) is 9.28 Å². The van der Waals surface area contributed by atoms with Crippen LogP contribution in [-0.2, 0) is 27.2 Å². The molecular weight excluding hydrogens is 360 g/mol. The zero-order valence-electron chi connectivity index (χ0n) is 17.3. The summed E-state index contributed by atoms with van der Waals surface area (Å²) in [5.41, 5.74) is 0. The van der Waals surface area contributed by atoms with Gasteiger partial charge in [-0.2, -0.15) is 0 Å². The summed E-state index contributed by atoms with van der Waals surface area (Å²) < 4.78 is 31.7. The second kappa shape index (κ2) is 15.6. The van der Waals surface area contributed by atoms with E-state index >= 15 is 0 Å². The van der Waals surface area contributed by atoms with E-state index in [0.29, 0.717) is 39.6 Å². The van der Waals surface area contributed by atoms with Crippen molar-refractivity contribution in [3.63, 3.8) is 0 Å². The van der Waals surface area contributed by atoms with E-state index in [2.05, 4.69) is 45.8 Å². The van der Waals surface area contributed by atoms with E-state index in [1.807, 2.05) is 0 Å². The van der Waals surface area contributed by atoms with Crippen molar-refractivity contribution in [3.8, 4) is 0 Å². The molecule has 0 fully saturated rings. The SMILES string of the molecule is COCCOCCOCCOC.C[SiH](O[Si](C)(C)C)O[Si](C)(C)C. The molecule has 0 aliphatic heterocycles. The highest BCUT2D eigenvalue weighted by molar-refractivity contribution is 6.80. The van der Waals surface area contributed by atoms with Gasteiger partial charge in [-0.15, -0.1) is 0 Å². The Labute approximate surface area is 153 Å². The van der Waals surface area contributed by atoms with Gasteiger partial charge in [-0.25, -0.2) is 0 Å². The minimum absolute atomic E-state index is 0.618. The Morgan fingerprint density at radius 2 is 0.875 bits per heavy atom. The third kappa shape index (κ3) is 27.3. The zero-order chi connectivity index (χ0) is 19.1. The number of rotatable bonds is 13. The predicted molar refractivity (Wildman–Crippen MR) is 107 cm³/mol. The summed E-state index contributed by atoms with van der Waals surface area (Å²) in [6.07, 6.45) is 0. The average molecular weight is 401 g/mol. The first-order valence-corrected chi connectivity index (χ1v) is 17.4. The van der Waals surface area contributed by atoms with Crippen molar-refractivity contribution in [2.24, 2.45) is 0 Å². The molecule has 0 saturated carbocycles. The fourth-order valence-electron chi connectivity index (χ4n) is 1.63. The summed E-state index contributed by atoms with van der Waals surface area (Å²) in [5.74, 6) is 0. The lowest BCUT2D eigenvalue weighted by Gasteiger charge is -2.28. The summed E-state index contributed by atoms with van der Waals surface area (Å²) in [6.45, 7) is 19.2. The van der Waals surface area contributed by atoms with Gasteiger partial charge in [0.2, 0.25) is 0 Å². The molecule has 0 aliphatic rings. The Morgan fingerprint density at radius 1 is 0.583 bits per heavy atom. The topological polar surface area (TPSA) is 55.4 Å². The van der Waals surface area contributed by atoms with Crippen LogP contribution in [0.4, 0.5) is 0 Å². The molecule has 0 bridgehead atoms. The van der Waals surface area contributed by atoms with E-state index in [1.54, 1.807) is 14.2 Å². The molecule has 0 spiro atoms. The molecule has 0 aliphatic carbocycles. The van der Waals surface area contributed by atoms with Crippen LogP contribution in [0.5, 0.6) is 0 Å². The van der Waals surface area contributed by atoms with Crippen LogP contribution in [0.1, 0.15) is 0 Å². The van der Waals surface area contributed by atoms with Crippen molar-refractivity contribution < 1.29 is 27.2 Å². The van der Waals surface area contributed by atoms with Crippen LogP contribution >= 0.6 is 0 Å². The van der Waals surface area contributed by atoms with E-state index < -0.39 is 25.9 Å². The normalized spacial score (nSPS) is 12.2. The van der Waals surface area contributed by atoms with Crippen molar-refractivity contribution in [2.75, 3.05) is 53.9 Å². The molecule has 0 amide bonds. The van der Waals surface area contributed by atoms with E-state index in [9.17, 15) is 0 Å². The fourth-order valence-corrected chi connectivity index (χ4v) is 10.2. The van der Waals surface area contributed by atoms with Gasteiger partial charge in [-0.3, -0.25) is 0 Å². The Morgan fingerprint density at radius 3 is 1.12 bits per heavy atom. The maximum Gasteiger partial charge on any atom is 0.297 e. The van der Waals surface area contributed by atoms with Gasteiger partial charge in [0, 0.05) is 14.2 Å². The lowest BCUT2D eigenvalue weighted by molar-refractivity contribution is 0.0106. The minimum Gasteiger partial charge on any atom is -0.439 e. The smallest absolute Gasteiger partial charge is 0.297 e. The second-order valence-corrected chi connectivity index (χ2v) is 18.7. The summed E-state index contributed by atoms with van der Waals surface area (Å²) in [6, 6.07) is 0. The Balaban J connectivity index is 0. The fraction of sp³-hybridized carbons (Fsp3) is 1.00. The summed E-state index contributed by atoms with van der Waals surface area (Å²) >= 11 is 0. The highest BCUT2D eigenvalue weighted by Crippen LogP contribution is 2.10. The molecular formula is C15H40O6Si3. The lowest BCUT2D eigenvalue weighted by Crippen LogP contribution is -2.41. The molecule has 0 saturated heterocycles. The molecule has 9 heteroatoms. The van der Waals surface area contributed by atoms with Crippen LogP contribution in [0.15, 0.2) is 0 Å². The third-order valence-electron chi connectivity index (χ3n) is 2.27. The van der Waals surface area contributed by atoms with Gasteiger partial charge in [-0.1, -0.05) is 0 Å². The van der Waals surface area contributed by atoms with Crippen molar-refractivity contribution in [1.82, 2.24) is 0 Å². The molecule has 6 nitrogen and oxygen atoms in total. The van der Waals surface area contributed by atoms with E-state index in [0.717, 1.165) is 0 Å². The first-order valence-electron chi connectivity index (χ1n) is 8.51. The standard InChI is InChI=1S/C8H18O4.C7H22O2Si3/c1-9-3-5-11-7-8-12-6-4-10-2;1-10(8-11(2,3)4)9-12(5,6)7/h3-8H2,1-2H3;10H,1-7H3. The summed E-state index contributed by atoms with van der Waals surface area (Å²) in [7, 11) is -0.748. The van der Waals surface area contributed by atoms with Crippen molar-refractivity contribution in [2.45, 2.75) is 45.8 Å². The number of ether oxygens (including phenoxy) is 4. The van der Waals surface area contributed by atoms with Crippen LogP contribution in [0.2, 0.25) is 45.8 Å². The van der Waals surface area contributed by atoms with Gasteiger partial charge < -0.3 is 27.2 Å². The van der Waals surface area contributed by atoms with Crippen LogP contribution in [0.25, 0.3) is 0 Å². The largest absolute Gasteiger partial charge is 0.439 e. The van der Waals surface area contributed by atoms with Crippen LogP contribution in [-0.4, -0.2) is 79.8 Å². The molecule has 24 heavy (non-hydrogen) atoms. The number of hydrogen-bond acceptors (Lipinski definition) is 6. The molecule has 0 radical (unpaired) electrons. The lowest BCUT2D eigenvalue weighted by atomic mass is 10.7. The first kappa shape index (κ1) is 26.6. The minimum atomic E-state index is -1.36. The van der Waals surface area contributed by atoms with Crippen LogP contribution in [0, 0.1) is 0 Å². The average Bonchev–Trinajstić information content (AvgIpc) is 2.38. The van der Waals surface area contributed by atoms with Crippen molar-refractivity contribution in [1.29, 1.82) is 0 Å². The molecule has 0 aromatic heterocycles. The summed E-state index contributed by atoms with van der Waals surface area (Å²) in [4.78, 5) is 0. The van der Waals surface area contributed by atoms with Crippen LogP contribution in [0.3, 0.4) is 0 Å². The number of hydrogen-bond donors (Lipinski definition) is 0. The Kier molecular flexibility index (Phi) is 17.4. The molecule has 0 heterocycles. The van der Waals surface area contributed by atoms with Gasteiger partial charge in [0.05, 0.1) is 39.6 Å². The van der Waals surface area contributed by atoms with E-state index in [-0.39, 0.29) is 0 Å². The number of methoxy groups -OCH3 is 2. The third-order valence-corrected chi connectivity index (χ3v) is 10.6. The van der Waals surface area contributed by atoms with E-state index in [4.69, 9.17) is 27.2 Å². The van der Waals surface area contributed by atoms with E-state index in [1.165, 1.54) is 0 Å². The Bertz CT molecular complexity index is 243. The molecule has 0 rings (SSSR count). The molecule has 0 unspecified atom stereocenters. The zero-order valence-corrected chi connectivity index (χ0v) is 20.4. The molecule has 0 aromatic carbocycles. The van der Waals surface area contributed by atoms with Gasteiger partial charge in [0.15, 0.2) is 16.6 Å². The first-order chi connectivity index (χ1) is 11.0. The predicted octanol–water partition coefficient (Wildman–Crippen LogP) is 2.85. The van der Waals surface area contributed by atoms with Gasteiger partial charge >= 0.3 is 0 Å². The highest BCUT2D eigenvalue weighted by Gasteiger charge is 2.24. The van der Waals surface area contributed by atoms with Crippen molar-refractivity contribution in [3.05, 3.63) is 0 Å². The summed E-state index contributed by atoms with van der Waals surface area (Å²) in [5, 5.41) is 0. The monoisotopic (exact) mass is 400 g/mol. The van der Waals surface area contributed by atoms with Crippen molar-refractivity contribution >= 4 is 25.9 Å². The maximum absolute atomic E-state index is 5.90. The molecule has 148 valence electrons. The molecule has 0 N–H and O–H groups in total. The molecule has 0 atom stereocenters. The second-order valence-electron chi connectivity index (χ2n) is 7.24. The van der Waals surface area contributed by atoms with Gasteiger partial charge in [-0.05, 0) is 45.8 Å². The Hall–Kier alpha value is 0.411. The highest BCUT2D eigenvalue weighted by atomic mass is 28.4.